The van der Waals surface area contributed by atoms with Gasteiger partial charge in [0.2, 0.25) is 0 Å². The second kappa shape index (κ2) is 5.40. The average molecular weight is 291 g/mol. The zero-order chi connectivity index (χ0) is 14.9. The van der Waals surface area contributed by atoms with E-state index >= 15 is 0 Å². The SMILES string of the molecule is O=C(O)c1cc(F)ccc1CN(CC(F)(F)F)C1CC1. The Labute approximate surface area is 112 Å². The standard InChI is InChI=1S/C13H13F4NO2/c14-9-2-1-8(11(5-9)12(19)20)6-18(10-3-4-10)7-13(15,16)17/h1-2,5,10H,3-4,6-7H2,(H,19,20). The second-order valence-corrected chi connectivity index (χ2v) is 4.86. The highest BCUT2D eigenvalue weighted by Gasteiger charge is 2.38. The Morgan fingerprint density at radius 2 is 2.00 bits per heavy atom. The zero-order valence-electron chi connectivity index (χ0n) is 10.5. The first kappa shape index (κ1) is 14.8. The molecule has 1 aromatic rings. The fourth-order valence-corrected chi connectivity index (χ4v) is 2.09. The molecule has 2 rings (SSSR count). The average Bonchev–Trinajstić information content (AvgIpc) is 3.12. The molecule has 0 atom stereocenters. The molecule has 1 aliphatic carbocycles. The van der Waals surface area contributed by atoms with E-state index in [1.807, 2.05) is 0 Å². The van der Waals surface area contributed by atoms with Crippen molar-refractivity contribution in [2.45, 2.75) is 31.6 Å². The van der Waals surface area contributed by atoms with Crippen LogP contribution in [0.3, 0.4) is 0 Å². The summed E-state index contributed by atoms with van der Waals surface area (Å²) in [5.74, 6) is -2.07. The van der Waals surface area contributed by atoms with Gasteiger partial charge in [0, 0.05) is 12.6 Å². The summed E-state index contributed by atoms with van der Waals surface area (Å²) in [6.07, 6.45) is -3.01. The van der Waals surface area contributed by atoms with Crippen molar-refractivity contribution < 1.29 is 27.5 Å². The monoisotopic (exact) mass is 291 g/mol. The van der Waals surface area contributed by atoms with E-state index in [1.54, 1.807) is 0 Å². The molecule has 0 bridgehead atoms. The van der Waals surface area contributed by atoms with Crippen LogP contribution in [-0.2, 0) is 6.54 Å². The maximum atomic E-state index is 13.0. The summed E-state index contributed by atoms with van der Waals surface area (Å²) < 4.78 is 50.5. The molecule has 0 amide bonds. The number of nitrogens with zero attached hydrogens (tertiary/aromatic N) is 1. The molecule has 3 nitrogen and oxygen atoms in total. The van der Waals surface area contributed by atoms with Gasteiger partial charge in [0.25, 0.3) is 0 Å². The number of aromatic carboxylic acids is 1. The topological polar surface area (TPSA) is 40.5 Å². The van der Waals surface area contributed by atoms with Gasteiger partial charge in [-0.3, -0.25) is 4.90 Å². The van der Waals surface area contributed by atoms with Crippen LogP contribution in [0, 0.1) is 5.82 Å². The van der Waals surface area contributed by atoms with Crippen LogP contribution in [0.2, 0.25) is 0 Å². The Hall–Kier alpha value is -1.63. The smallest absolute Gasteiger partial charge is 0.401 e. The summed E-state index contributed by atoms with van der Waals surface area (Å²) in [4.78, 5) is 12.2. The fourth-order valence-electron chi connectivity index (χ4n) is 2.09. The predicted molar refractivity (Wildman–Crippen MR) is 62.8 cm³/mol. The Morgan fingerprint density at radius 3 is 2.50 bits per heavy atom. The third-order valence-corrected chi connectivity index (χ3v) is 3.12. The van der Waals surface area contributed by atoms with Crippen LogP contribution in [0.4, 0.5) is 17.6 Å². The number of halogens is 4. The minimum Gasteiger partial charge on any atom is -0.478 e. The maximum Gasteiger partial charge on any atom is 0.401 e. The van der Waals surface area contributed by atoms with E-state index in [2.05, 4.69) is 0 Å². The van der Waals surface area contributed by atoms with Gasteiger partial charge in [0.05, 0.1) is 12.1 Å². The van der Waals surface area contributed by atoms with Crippen molar-refractivity contribution in [1.29, 1.82) is 0 Å². The highest BCUT2D eigenvalue weighted by Crippen LogP contribution is 2.32. The van der Waals surface area contributed by atoms with Crippen molar-refractivity contribution in [2.75, 3.05) is 6.54 Å². The van der Waals surface area contributed by atoms with Gasteiger partial charge in [0.15, 0.2) is 0 Å². The van der Waals surface area contributed by atoms with E-state index in [4.69, 9.17) is 5.11 Å². The molecule has 20 heavy (non-hydrogen) atoms. The number of benzene rings is 1. The fraction of sp³-hybridized carbons (Fsp3) is 0.462. The third kappa shape index (κ3) is 3.93. The van der Waals surface area contributed by atoms with Gasteiger partial charge < -0.3 is 5.11 Å². The molecule has 1 N–H and O–H groups in total. The van der Waals surface area contributed by atoms with Crippen molar-refractivity contribution in [3.8, 4) is 0 Å². The van der Waals surface area contributed by atoms with Gasteiger partial charge in [-0.2, -0.15) is 13.2 Å². The van der Waals surface area contributed by atoms with Gasteiger partial charge >= 0.3 is 12.1 Å². The lowest BCUT2D eigenvalue weighted by Gasteiger charge is -2.24. The summed E-state index contributed by atoms with van der Waals surface area (Å²) in [5.41, 5.74) is -0.104. The molecular weight excluding hydrogens is 278 g/mol. The van der Waals surface area contributed by atoms with Crippen LogP contribution in [0.25, 0.3) is 0 Å². The predicted octanol–water partition coefficient (Wildman–Crippen LogP) is 3.05. The Kier molecular flexibility index (Phi) is 3.99. The second-order valence-electron chi connectivity index (χ2n) is 4.86. The number of carboxylic acids is 1. The molecule has 0 spiro atoms. The Balaban J connectivity index is 2.20. The van der Waals surface area contributed by atoms with E-state index in [0.717, 1.165) is 12.1 Å². The Morgan fingerprint density at radius 1 is 1.35 bits per heavy atom. The molecule has 110 valence electrons. The van der Waals surface area contributed by atoms with Gasteiger partial charge in [-0.25, -0.2) is 9.18 Å². The number of hydrogen-bond donors (Lipinski definition) is 1. The minimum absolute atomic E-state index is 0.147. The van der Waals surface area contributed by atoms with Crippen molar-refractivity contribution in [2.24, 2.45) is 0 Å². The highest BCUT2D eigenvalue weighted by atomic mass is 19.4. The normalized spacial score (nSPS) is 15.7. The van der Waals surface area contributed by atoms with Crippen LogP contribution in [0.5, 0.6) is 0 Å². The molecule has 1 saturated carbocycles. The van der Waals surface area contributed by atoms with Crippen LogP contribution in [0.15, 0.2) is 18.2 Å². The molecule has 0 aromatic heterocycles. The number of rotatable bonds is 5. The molecule has 0 radical (unpaired) electrons. The molecule has 1 fully saturated rings. The first-order chi connectivity index (χ1) is 9.26. The zero-order valence-corrected chi connectivity index (χ0v) is 10.5. The van der Waals surface area contributed by atoms with Crippen molar-refractivity contribution in [1.82, 2.24) is 4.90 Å². The largest absolute Gasteiger partial charge is 0.478 e. The summed E-state index contributed by atoms with van der Waals surface area (Å²) in [5, 5.41) is 8.98. The Bertz CT molecular complexity index is 512. The van der Waals surface area contributed by atoms with E-state index in [1.165, 1.54) is 11.0 Å². The number of carboxylic acid groups (broad SMARTS) is 1. The first-order valence-corrected chi connectivity index (χ1v) is 6.09. The third-order valence-electron chi connectivity index (χ3n) is 3.12. The lowest BCUT2D eigenvalue weighted by Crippen LogP contribution is -2.35. The van der Waals surface area contributed by atoms with Gasteiger partial charge in [-0.05, 0) is 30.5 Å². The van der Waals surface area contributed by atoms with E-state index in [-0.39, 0.29) is 23.7 Å². The van der Waals surface area contributed by atoms with Gasteiger partial charge in [0.1, 0.15) is 5.82 Å². The van der Waals surface area contributed by atoms with Crippen LogP contribution in [-0.4, -0.2) is 34.7 Å². The van der Waals surface area contributed by atoms with Crippen LogP contribution >= 0.6 is 0 Å². The molecule has 0 saturated heterocycles. The molecule has 1 aromatic carbocycles. The summed E-state index contributed by atoms with van der Waals surface area (Å²) in [6, 6.07) is 2.93. The molecule has 0 aliphatic heterocycles. The van der Waals surface area contributed by atoms with Crippen molar-refractivity contribution >= 4 is 5.97 Å². The van der Waals surface area contributed by atoms with Crippen molar-refractivity contribution in [3.05, 3.63) is 35.1 Å². The lowest BCUT2D eigenvalue weighted by molar-refractivity contribution is -0.148. The van der Waals surface area contributed by atoms with Crippen molar-refractivity contribution in [3.63, 3.8) is 0 Å². The molecule has 7 heteroatoms. The van der Waals surface area contributed by atoms with Crippen LogP contribution < -0.4 is 0 Å². The summed E-state index contributed by atoms with van der Waals surface area (Å²) in [7, 11) is 0. The number of hydrogen-bond acceptors (Lipinski definition) is 2. The highest BCUT2D eigenvalue weighted by molar-refractivity contribution is 5.89. The van der Waals surface area contributed by atoms with Gasteiger partial charge in [-0.15, -0.1) is 0 Å². The molecule has 0 heterocycles. The number of carbonyl (C=O) groups is 1. The number of alkyl halides is 3. The maximum absolute atomic E-state index is 13.0. The van der Waals surface area contributed by atoms with Gasteiger partial charge in [-0.1, -0.05) is 6.07 Å². The summed E-state index contributed by atoms with van der Waals surface area (Å²) >= 11 is 0. The van der Waals surface area contributed by atoms with E-state index in [0.29, 0.717) is 12.8 Å². The molecular formula is C13H13F4NO2. The van der Waals surface area contributed by atoms with E-state index in [9.17, 15) is 22.4 Å². The minimum atomic E-state index is -4.34. The molecule has 1 aliphatic rings. The van der Waals surface area contributed by atoms with E-state index < -0.39 is 24.5 Å². The molecule has 0 unspecified atom stereocenters. The van der Waals surface area contributed by atoms with Crippen LogP contribution in [0.1, 0.15) is 28.8 Å². The quantitative estimate of drug-likeness (QED) is 0.848. The summed E-state index contributed by atoms with van der Waals surface area (Å²) in [6.45, 7) is -1.24. The lowest BCUT2D eigenvalue weighted by atomic mass is 10.1. The first-order valence-electron chi connectivity index (χ1n) is 6.09.